The first kappa shape index (κ1) is 28.6. The standard InChI is InChI=1S/C29H26F3N7O3/c1-16-2-5-21(36-28(42)24-13-20(15-35-39-24)29(30,31)32)14-22(16)19-10-23(37-25(12-19)34-8-9-40)18-6-7-33-26(11-18)38-27(41)17-3-4-17/h2,5-7,10-15,17,40H,3-4,8-9H2,1H3,(H,34,37)(H,36,42)(H,33,38,41). The fourth-order valence-electron chi connectivity index (χ4n) is 4.18. The van der Waals surface area contributed by atoms with E-state index in [-0.39, 0.29) is 25.0 Å². The molecule has 3 heterocycles. The van der Waals surface area contributed by atoms with Gasteiger partial charge in [0.2, 0.25) is 5.91 Å². The largest absolute Gasteiger partial charge is 0.418 e. The molecule has 1 fully saturated rings. The van der Waals surface area contributed by atoms with Crippen molar-refractivity contribution in [2.24, 2.45) is 5.92 Å². The van der Waals surface area contributed by atoms with Crippen molar-refractivity contribution in [2.75, 3.05) is 29.1 Å². The lowest BCUT2D eigenvalue weighted by Gasteiger charge is -2.14. The molecule has 1 aliphatic carbocycles. The Morgan fingerprint density at radius 2 is 1.79 bits per heavy atom. The first-order valence-corrected chi connectivity index (χ1v) is 13.1. The van der Waals surface area contributed by atoms with E-state index >= 15 is 0 Å². The highest BCUT2D eigenvalue weighted by Gasteiger charge is 2.32. The Morgan fingerprint density at radius 1 is 1.00 bits per heavy atom. The molecule has 1 aliphatic rings. The topological polar surface area (TPSA) is 142 Å². The maximum atomic E-state index is 13.1. The minimum atomic E-state index is -4.67. The average Bonchev–Trinajstić information content (AvgIpc) is 3.83. The molecule has 0 radical (unpaired) electrons. The van der Waals surface area contributed by atoms with Crippen LogP contribution in [-0.2, 0) is 11.0 Å². The number of aromatic nitrogens is 4. The van der Waals surface area contributed by atoms with E-state index in [4.69, 9.17) is 0 Å². The Bertz CT molecular complexity index is 1640. The molecule has 10 nitrogen and oxygen atoms in total. The molecule has 4 aromatic rings. The highest BCUT2D eigenvalue weighted by atomic mass is 19.4. The summed E-state index contributed by atoms with van der Waals surface area (Å²) in [4.78, 5) is 33.9. The number of carbonyl (C=O) groups excluding carboxylic acids is 2. The van der Waals surface area contributed by atoms with E-state index in [0.29, 0.717) is 46.4 Å². The molecule has 0 atom stereocenters. The number of alkyl halides is 3. The molecule has 216 valence electrons. The fourth-order valence-corrected chi connectivity index (χ4v) is 4.18. The molecular weight excluding hydrogens is 551 g/mol. The lowest BCUT2D eigenvalue weighted by atomic mass is 9.98. The van der Waals surface area contributed by atoms with Crippen LogP contribution in [0.1, 0.15) is 34.5 Å². The fraction of sp³-hybridized carbons (Fsp3) is 0.241. The van der Waals surface area contributed by atoms with Gasteiger partial charge in [0.1, 0.15) is 11.6 Å². The Morgan fingerprint density at radius 3 is 2.52 bits per heavy atom. The van der Waals surface area contributed by atoms with Gasteiger partial charge in [-0.3, -0.25) is 9.59 Å². The van der Waals surface area contributed by atoms with Gasteiger partial charge in [0.15, 0.2) is 5.69 Å². The second-order valence-electron chi connectivity index (χ2n) is 9.78. The molecule has 2 amide bonds. The summed E-state index contributed by atoms with van der Waals surface area (Å²) < 4.78 is 39.2. The lowest BCUT2D eigenvalue weighted by Crippen LogP contribution is -2.16. The number of benzene rings is 1. The number of nitrogens with zero attached hydrogens (tertiary/aromatic N) is 4. The monoisotopic (exact) mass is 577 g/mol. The van der Waals surface area contributed by atoms with Crippen molar-refractivity contribution in [3.05, 3.63) is 77.7 Å². The minimum Gasteiger partial charge on any atom is -0.395 e. The van der Waals surface area contributed by atoms with Gasteiger partial charge in [0.05, 0.1) is 24.1 Å². The summed E-state index contributed by atoms with van der Waals surface area (Å²) in [5, 5.41) is 24.7. The van der Waals surface area contributed by atoms with Crippen molar-refractivity contribution in [3.63, 3.8) is 0 Å². The predicted molar refractivity (Wildman–Crippen MR) is 150 cm³/mol. The molecule has 4 N–H and O–H groups in total. The van der Waals surface area contributed by atoms with Crippen LogP contribution in [0.3, 0.4) is 0 Å². The summed E-state index contributed by atoms with van der Waals surface area (Å²) in [6, 6.07) is 12.8. The van der Waals surface area contributed by atoms with Crippen molar-refractivity contribution in [1.29, 1.82) is 0 Å². The van der Waals surface area contributed by atoms with E-state index in [9.17, 15) is 27.9 Å². The first-order valence-electron chi connectivity index (χ1n) is 13.1. The Hall–Kier alpha value is -4.91. The molecule has 0 aliphatic heterocycles. The molecule has 1 saturated carbocycles. The number of hydrogen-bond acceptors (Lipinski definition) is 8. The number of aliphatic hydroxyl groups is 1. The molecule has 42 heavy (non-hydrogen) atoms. The van der Waals surface area contributed by atoms with Crippen LogP contribution in [0.5, 0.6) is 0 Å². The van der Waals surface area contributed by atoms with Crippen LogP contribution in [0.25, 0.3) is 22.4 Å². The number of carbonyl (C=O) groups is 2. The SMILES string of the molecule is Cc1ccc(NC(=O)c2cc(C(F)(F)F)cnn2)cc1-c1cc(NCCO)nc(-c2ccnc(NC(=O)C3CC3)c2)c1. The first-order chi connectivity index (χ1) is 20.1. The summed E-state index contributed by atoms with van der Waals surface area (Å²) >= 11 is 0. The number of nitrogens with one attached hydrogen (secondary N) is 3. The van der Waals surface area contributed by atoms with E-state index in [0.717, 1.165) is 24.0 Å². The van der Waals surface area contributed by atoms with Crippen molar-refractivity contribution in [1.82, 2.24) is 20.2 Å². The van der Waals surface area contributed by atoms with Crippen molar-refractivity contribution >= 4 is 29.1 Å². The predicted octanol–water partition coefficient (Wildman–Crippen LogP) is 4.93. The average molecular weight is 578 g/mol. The quantitative estimate of drug-likeness (QED) is 0.219. The molecule has 0 spiro atoms. The minimum absolute atomic E-state index is 0.0163. The van der Waals surface area contributed by atoms with E-state index < -0.39 is 23.3 Å². The molecule has 13 heteroatoms. The van der Waals surface area contributed by atoms with Gasteiger partial charge in [-0.05, 0) is 78.9 Å². The number of halogens is 3. The zero-order chi connectivity index (χ0) is 29.9. The number of amides is 2. The van der Waals surface area contributed by atoms with Crippen LogP contribution < -0.4 is 16.0 Å². The zero-order valence-electron chi connectivity index (χ0n) is 22.4. The van der Waals surface area contributed by atoms with Crippen LogP contribution in [0, 0.1) is 12.8 Å². The van der Waals surface area contributed by atoms with E-state index in [2.05, 4.69) is 36.1 Å². The number of anilines is 3. The Kier molecular flexibility index (Phi) is 8.11. The van der Waals surface area contributed by atoms with Crippen LogP contribution in [0.2, 0.25) is 0 Å². The highest BCUT2D eigenvalue weighted by Crippen LogP contribution is 2.34. The zero-order valence-corrected chi connectivity index (χ0v) is 22.4. The third-order valence-electron chi connectivity index (χ3n) is 6.52. The normalized spacial score (nSPS) is 13.0. The van der Waals surface area contributed by atoms with E-state index in [1.807, 2.05) is 13.0 Å². The molecule has 1 aromatic carbocycles. The van der Waals surface area contributed by atoms with Gasteiger partial charge < -0.3 is 21.1 Å². The number of hydrogen-bond donors (Lipinski definition) is 4. The van der Waals surface area contributed by atoms with Gasteiger partial charge >= 0.3 is 6.18 Å². The van der Waals surface area contributed by atoms with E-state index in [1.54, 1.807) is 42.6 Å². The summed E-state index contributed by atoms with van der Waals surface area (Å²) in [5.41, 5.74) is 2.31. The van der Waals surface area contributed by atoms with Crippen LogP contribution in [-0.4, -0.2) is 50.2 Å². The second kappa shape index (κ2) is 11.9. The lowest BCUT2D eigenvalue weighted by molar-refractivity contribution is -0.138. The highest BCUT2D eigenvalue weighted by molar-refractivity contribution is 6.03. The van der Waals surface area contributed by atoms with Gasteiger partial charge in [0, 0.05) is 29.9 Å². The van der Waals surface area contributed by atoms with Crippen molar-refractivity contribution < 1.29 is 27.9 Å². The number of aryl methyl sites for hydroxylation is 1. The van der Waals surface area contributed by atoms with Crippen molar-refractivity contribution in [2.45, 2.75) is 25.9 Å². The summed E-state index contributed by atoms with van der Waals surface area (Å²) in [6.45, 7) is 2.01. The second-order valence-corrected chi connectivity index (χ2v) is 9.78. The van der Waals surface area contributed by atoms with Gasteiger partial charge in [-0.25, -0.2) is 9.97 Å². The third-order valence-corrected chi connectivity index (χ3v) is 6.52. The number of pyridine rings is 2. The number of rotatable bonds is 9. The maximum Gasteiger partial charge on any atom is 0.418 e. The van der Waals surface area contributed by atoms with Crippen LogP contribution >= 0.6 is 0 Å². The van der Waals surface area contributed by atoms with Gasteiger partial charge in [0.25, 0.3) is 5.91 Å². The molecule has 3 aromatic heterocycles. The van der Waals surface area contributed by atoms with Crippen LogP contribution in [0.4, 0.5) is 30.5 Å². The molecule has 5 rings (SSSR count). The molecule has 0 bridgehead atoms. The summed E-state index contributed by atoms with van der Waals surface area (Å²) in [7, 11) is 0. The van der Waals surface area contributed by atoms with Crippen molar-refractivity contribution in [3.8, 4) is 22.4 Å². The molecule has 0 unspecified atom stereocenters. The Labute approximate surface area is 238 Å². The smallest absolute Gasteiger partial charge is 0.395 e. The maximum absolute atomic E-state index is 13.1. The van der Waals surface area contributed by atoms with Gasteiger partial charge in [-0.2, -0.15) is 18.3 Å². The Balaban J connectivity index is 1.46. The summed E-state index contributed by atoms with van der Waals surface area (Å²) in [6.07, 6.45) is -0.814. The summed E-state index contributed by atoms with van der Waals surface area (Å²) in [5.74, 6) is -0.0217. The van der Waals surface area contributed by atoms with Gasteiger partial charge in [-0.15, -0.1) is 5.10 Å². The molecular formula is C29H26F3N7O3. The molecule has 0 saturated heterocycles. The number of aliphatic hydroxyl groups excluding tert-OH is 1. The van der Waals surface area contributed by atoms with Gasteiger partial charge in [-0.1, -0.05) is 6.07 Å². The third kappa shape index (κ3) is 6.86. The van der Waals surface area contributed by atoms with E-state index in [1.165, 1.54) is 0 Å². The van der Waals surface area contributed by atoms with Crippen LogP contribution in [0.15, 0.2) is 60.9 Å².